The van der Waals surface area contributed by atoms with Crippen molar-refractivity contribution in [2.24, 2.45) is 0 Å². The number of halogens is 1. The molecule has 1 heterocycles. The number of ether oxygens (including phenoxy) is 1. The lowest BCUT2D eigenvalue weighted by molar-refractivity contribution is 0.305. The van der Waals surface area contributed by atoms with E-state index in [0.29, 0.717) is 12.5 Å². The van der Waals surface area contributed by atoms with Crippen LogP contribution in [0.2, 0.25) is 0 Å². The van der Waals surface area contributed by atoms with Gasteiger partial charge in [0.15, 0.2) is 0 Å². The molecule has 1 aromatic carbocycles. The SMILES string of the molecule is CCC(C)(C)c1ccc(OCc2nc(CCl)cs2)cc1. The van der Waals surface area contributed by atoms with Gasteiger partial charge in [-0.05, 0) is 29.5 Å². The van der Waals surface area contributed by atoms with Gasteiger partial charge in [-0.1, -0.05) is 32.9 Å². The van der Waals surface area contributed by atoms with Gasteiger partial charge in [0.2, 0.25) is 0 Å². The number of thiazole rings is 1. The standard InChI is InChI=1S/C16H20ClNOS/c1-4-16(2,3)12-5-7-14(8-6-12)19-10-15-18-13(9-17)11-20-15/h5-8,11H,4,9-10H2,1-3H3. The summed E-state index contributed by atoms with van der Waals surface area (Å²) in [6, 6.07) is 8.35. The molecule has 0 aliphatic heterocycles. The van der Waals surface area contributed by atoms with Crippen molar-refractivity contribution in [1.29, 1.82) is 0 Å². The Balaban J connectivity index is 1.97. The van der Waals surface area contributed by atoms with Crippen molar-refractivity contribution in [2.45, 2.75) is 45.1 Å². The van der Waals surface area contributed by atoms with Crippen LogP contribution in [0.5, 0.6) is 5.75 Å². The maximum absolute atomic E-state index is 5.76. The molecular formula is C16H20ClNOS. The van der Waals surface area contributed by atoms with E-state index in [2.05, 4.69) is 37.9 Å². The van der Waals surface area contributed by atoms with Gasteiger partial charge in [-0.3, -0.25) is 0 Å². The molecule has 4 heteroatoms. The summed E-state index contributed by atoms with van der Waals surface area (Å²) in [7, 11) is 0. The second kappa shape index (κ2) is 6.59. The first-order chi connectivity index (χ1) is 9.55. The predicted octanol–water partition coefficient (Wildman–Crippen LogP) is 5.15. The third kappa shape index (κ3) is 3.74. The van der Waals surface area contributed by atoms with E-state index in [1.165, 1.54) is 5.56 Å². The highest BCUT2D eigenvalue weighted by atomic mass is 35.5. The molecule has 0 fully saturated rings. The Morgan fingerprint density at radius 3 is 2.50 bits per heavy atom. The van der Waals surface area contributed by atoms with Crippen LogP contribution in [0, 0.1) is 0 Å². The highest BCUT2D eigenvalue weighted by Crippen LogP contribution is 2.28. The highest BCUT2D eigenvalue weighted by molar-refractivity contribution is 7.09. The van der Waals surface area contributed by atoms with Gasteiger partial charge in [0.1, 0.15) is 17.4 Å². The maximum atomic E-state index is 5.76. The first kappa shape index (κ1) is 15.3. The first-order valence-electron chi connectivity index (χ1n) is 6.77. The molecule has 0 aliphatic carbocycles. The van der Waals surface area contributed by atoms with Gasteiger partial charge in [-0.15, -0.1) is 22.9 Å². The van der Waals surface area contributed by atoms with Crippen molar-refractivity contribution >= 4 is 22.9 Å². The largest absolute Gasteiger partial charge is 0.486 e. The van der Waals surface area contributed by atoms with Crippen molar-refractivity contribution in [3.8, 4) is 5.75 Å². The fraction of sp³-hybridized carbons (Fsp3) is 0.438. The summed E-state index contributed by atoms with van der Waals surface area (Å²) < 4.78 is 5.76. The van der Waals surface area contributed by atoms with E-state index < -0.39 is 0 Å². The monoisotopic (exact) mass is 309 g/mol. The number of hydrogen-bond donors (Lipinski definition) is 0. The molecule has 0 saturated carbocycles. The van der Waals surface area contributed by atoms with E-state index in [-0.39, 0.29) is 5.41 Å². The summed E-state index contributed by atoms with van der Waals surface area (Å²) >= 11 is 7.32. The van der Waals surface area contributed by atoms with Gasteiger partial charge in [0, 0.05) is 5.38 Å². The molecule has 0 unspecified atom stereocenters. The van der Waals surface area contributed by atoms with Crippen molar-refractivity contribution in [3.63, 3.8) is 0 Å². The second-order valence-corrected chi connectivity index (χ2v) is 6.63. The molecule has 0 N–H and O–H groups in total. The minimum Gasteiger partial charge on any atom is -0.486 e. The number of aromatic nitrogens is 1. The molecule has 2 nitrogen and oxygen atoms in total. The fourth-order valence-electron chi connectivity index (χ4n) is 1.83. The van der Waals surface area contributed by atoms with Gasteiger partial charge in [-0.25, -0.2) is 4.98 Å². The zero-order valence-electron chi connectivity index (χ0n) is 12.1. The molecule has 20 heavy (non-hydrogen) atoms. The number of hydrogen-bond acceptors (Lipinski definition) is 3. The second-order valence-electron chi connectivity index (χ2n) is 5.42. The summed E-state index contributed by atoms with van der Waals surface area (Å²) in [5, 5.41) is 2.93. The van der Waals surface area contributed by atoms with Gasteiger partial charge < -0.3 is 4.74 Å². The molecule has 2 aromatic rings. The molecule has 2 rings (SSSR count). The Labute approximate surface area is 129 Å². The summed E-state index contributed by atoms with van der Waals surface area (Å²) in [4.78, 5) is 4.38. The smallest absolute Gasteiger partial charge is 0.140 e. The predicted molar refractivity (Wildman–Crippen MR) is 85.8 cm³/mol. The van der Waals surface area contributed by atoms with Gasteiger partial charge in [-0.2, -0.15) is 0 Å². The Kier molecular flexibility index (Phi) is 5.06. The van der Waals surface area contributed by atoms with E-state index in [1.54, 1.807) is 11.3 Å². The van der Waals surface area contributed by atoms with Crippen molar-refractivity contribution < 1.29 is 4.74 Å². The van der Waals surface area contributed by atoms with Crippen LogP contribution >= 0.6 is 22.9 Å². The molecule has 108 valence electrons. The number of alkyl halides is 1. The van der Waals surface area contributed by atoms with Gasteiger partial charge >= 0.3 is 0 Å². The average Bonchev–Trinajstić information content (AvgIpc) is 2.93. The van der Waals surface area contributed by atoms with Gasteiger partial charge in [0.25, 0.3) is 0 Å². The summed E-state index contributed by atoms with van der Waals surface area (Å²) in [6.07, 6.45) is 1.12. The van der Waals surface area contributed by atoms with Crippen LogP contribution in [0.25, 0.3) is 0 Å². The zero-order chi connectivity index (χ0) is 14.6. The third-order valence-corrected chi connectivity index (χ3v) is 4.76. The minimum absolute atomic E-state index is 0.211. The average molecular weight is 310 g/mol. The van der Waals surface area contributed by atoms with Crippen molar-refractivity contribution in [2.75, 3.05) is 0 Å². The Bertz CT molecular complexity index is 548. The Morgan fingerprint density at radius 1 is 1.25 bits per heavy atom. The van der Waals surface area contributed by atoms with Crippen LogP contribution in [0.15, 0.2) is 29.6 Å². The van der Waals surface area contributed by atoms with Crippen LogP contribution < -0.4 is 4.74 Å². The topological polar surface area (TPSA) is 22.1 Å². The van der Waals surface area contributed by atoms with E-state index in [0.717, 1.165) is 22.9 Å². The summed E-state index contributed by atoms with van der Waals surface area (Å²) in [6.45, 7) is 7.22. The molecule has 0 saturated heterocycles. The number of nitrogens with zero attached hydrogens (tertiary/aromatic N) is 1. The lowest BCUT2D eigenvalue weighted by Gasteiger charge is -2.23. The van der Waals surface area contributed by atoms with Crippen LogP contribution in [0.3, 0.4) is 0 Å². The molecule has 0 bridgehead atoms. The van der Waals surface area contributed by atoms with Crippen LogP contribution in [-0.4, -0.2) is 4.98 Å². The molecule has 1 aromatic heterocycles. The molecule has 0 radical (unpaired) electrons. The molecule has 0 atom stereocenters. The van der Waals surface area contributed by atoms with Crippen molar-refractivity contribution in [3.05, 3.63) is 45.9 Å². The van der Waals surface area contributed by atoms with Crippen molar-refractivity contribution in [1.82, 2.24) is 4.98 Å². The molecule has 0 aliphatic rings. The van der Waals surface area contributed by atoms with Crippen LogP contribution in [0.4, 0.5) is 0 Å². The normalized spacial score (nSPS) is 11.6. The summed E-state index contributed by atoms with van der Waals surface area (Å²) in [5.41, 5.74) is 2.46. The fourth-order valence-corrected chi connectivity index (χ4v) is 2.76. The van der Waals surface area contributed by atoms with E-state index in [9.17, 15) is 0 Å². The Hall–Kier alpha value is -1.06. The lowest BCUT2D eigenvalue weighted by atomic mass is 9.82. The van der Waals surface area contributed by atoms with Gasteiger partial charge in [0.05, 0.1) is 11.6 Å². The molecule has 0 spiro atoms. The minimum atomic E-state index is 0.211. The number of rotatable bonds is 6. The zero-order valence-corrected chi connectivity index (χ0v) is 13.7. The van der Waals surface area contributed by atoms with E-state index in [1.807, 2.05) is 17.5 Å². The highest BCUT2D eigenvalue weighted by Gasteiger charge is 2.17. The molecule has 0 amide bonds. The Morgan fingerprint density at radius 2 is 1.95 bits per heavy atom. The lowest BCUT2D eigenvalue weighted by Crippen LogP contribution is -2.15. The van der Waals surface area contributed by atoms with E-state index >= 15 is 0 Å². The third-order valence-electron chi connectivity index (χ3n) is 3.62. The first-order valence-corrected chi connectivity index (χ1v) is 8.19. The van der Waals surface area contributed by atoms with E-state index in [4.69, 9.17) is 16.3 Å². The van der Waals surface area contributed by atoms with Crippen LogP contribution in [-0.2, 0) is 17.9 Å². The number of benzene rings is 1. The van der Waals surface area contributed by atoms with Crippen LogP contribution in [0.1, 0.15) is 43.5 Å². The summed E-state index contributed by atoms with van der Waals surface area (Å²) in [5.74, 6) is 1.33. The maximum Gasteiger partial charge on any atom is 0.140 e. The quantitative estimate of drug-likeness (QED) is 0.689. The molecular weight excluding hydrogens is 290 g/mol.